The number of likely N-dealkylation sites (N-methyl/N-ethyl adjacent to an activating group) is 1. The number of amides is 2. The second-order valence-corrected chi connectivity index (χ2v) is 7.89. The Hall–Kier alpha value is -2.02. The molecule has 156 valence electrons. The Bertz CT molecular complexity index is 846. The van der Waals surface area contributed by atoms with E-state index >= 15 is 0 Å². The zero-order valence-corrected chi connectivity index (χ0v) is 18.4. The van der Waals surface area contributed by atoms with Crippen molar-refractivity contribution in [1.82, 2.24) is 10.6 Å². The van der Waals surface area contributed by atoms with Crippen LogP contribution in [0.3, 0.4) is 0 Å². The number of carbonyl (C=O) groups is 2. The molecule has 0 bridgehead atoms. The third-order valence-electron chi connectivity index (χ3n) is 4.79. The Kier molecular flexibility index (Phi) is 9.01. The van der Waals surface area contributed by atoms with Gasteiger partial charge in [-0.2, -0.15) is 0 Å². The second kappa shape index (κ2) is 11.2. The fourth-order valence-electron chi connectivity index (χ4n) is 3.36. The van der Waals surface area contributed by atoms with Crippen LogP contribution in [-0.4, -0.2) is 43.2 Å². The Labute approximate surface area is 183 Å². The minimum absolute atomic E-state index is 0. The monoisotopic (exact) mass is 433 g/mol. The van der Waals surface area contributed by atoms with E-state index in [-0.39, 0.29) is 30.3 Å². The summed E-state index contributed by atoms with van der Waals surface area (Å²) in [4.78, 5) is 28.0. The van der Waals surface area contributed by atoms with Crippen molar-refractivity contribution in [1.29, 1.82) is 0 Å². The van der Waals surface area contributed by atoms with Crippen molar-refractivity contribution in [3.05, 3.63) is 59.7 Å². The van der Waals surface area contributed by atoms with Gasteiger partial charge in [0.25, 0.3) is 5.91 Å². The van der Waals surface area contributed by atoms with Crippen molar-refractivity contribution in [3.8, 4) is 0 Å². The highest BCUT2D eigenvalue weighted by Gasteiger charge is 2.24. The molecule has 0 aromatic heterocycles. The molecule has 2 aromatic rings. The van der Waals surface area contributed by atoms with Crippen molar-refractivity contribution >= 4 is 41.7 Å². The van der Waals surface area contributed by atoms with Gasteiger partial charge in [0, 0.05) is 29.7 Å². The van der Waals surface area contributed by atoms with E-state index in [0.717, 1.165) is 30.1 Å². The van der Waals surface area contributed by atoms with Gasteiger partial charge in [-0.05, 0) is 43.7 Å². The largest absolute Gasteiger partial charge is 0.350 e. The lowest BCUT2D eigenvalue weighted by atomic mass is 10.2. The molecule has 3 rings (SSSR count). The summed E-state index contributed by atoms with van der Waals surface area (Å²) in [7, 11) is 0. The summed E-state index contributed by atoms with van der Waals surface area (Å²) in [5, 5.41) is 6.25. The highest BCUT2D eigenvalue weighted by atomic mass is 35.5. The first kappa shape index (κ1) is 23.3. The average Bonchev–Trinajstić information content (AvgIpc) is 3.15. The van der Waals surface area contributed by atoms with Gasteiger partial charge in [0.1, 0.15) is 0 Å². The Morgan fingerprint density at radius 1 is 1.14 bits per heavy atom. The molecule has 0 spiro atoms. The van der Waals surface area contributed by atoms with Crippen LogP contribution in [0.25, 0.3) is 0 Å². The van der Waals surface area contributed by atoms with E-state index in [4.69, 9.17) is 0 Å². The number of halogens is 1. The fraction of sp³-hybridized carbons (Fsp3) is 0.364. The van der Waals surface area contributed by atoms with Crippen molar-refractivity contribution in [2.24, 2.45) is 0 Å². The predicted molar refractivity (Wildman–Crippen MR) is 122 cm³/mol. The summed E-state index contributed by atoms with van der Waals surface area (Å²) in [5.74, 6) is 0.282. The van der Waals surface area contributed by atoms with Crippen molar-refractivity contribution in [3.63, 3.8) is 0 Å². The van der Waals surface area contributed by atoms with Crippen LogP contribution < -0.4 is 15.5 Å². The normalized spacial score (nSPS) is 13.4. The van der Waals surface area contributed by atoms with Crippen LogP contribution in [0.2, 0.25) is 0 Å². The number of rotatable bonds is 8. The maximum absolute atomic E-state index is 12.7. The van der Waals surface area contributed by atoms with Gasteiger partial charge < -0.3 is 15.5 Å². The third kappa shape index (κ3) is 5.98. The summed E-state index contributed by atoms with van der Waals surface area (Å²) < 4.78 is 0. The molecular weight excluding hydrogens is 406 g/mol. The number of benzene rings is 2. The standard InChI is InChI=1S/C22H27N3O2S.ClH/c1-3-23-16(2)14-24-22(27)18-9-5-7-11-20(18)28-15-21(26)25-13-12-17-8-4-6-10-19(17)25;/h4-11,16,23H,3,12-15H2,1-2H3,(H,24,27);1H/t16-;/m1./s1. The van der Waals surface area contributed by atoms with Gasteiger partial charge in [0.15, 0.2) is 0 Å². The molecule has 0 saturated heterocycles. The molecule has 2 N–H and O–H groups in total. The van der Waals surface area contributed by atoms with Crippen molar-refractivity contribution in [2.75, 3.05) is 30.3 Å². The van der Waals surface area contributed by atoms with E-state index in [1.54, 1.807) is 0 Å². The van der Waals surface area contributed by atoms with Crippen molar-refractivity contribution < 1.29 is 9.59 Å². The fourth-order valence-corrected chi connectivity index (χ4v) is 4.28. The first-order valence-corrected chi connectivity index (χ1v) is 10.7. The summed E-state index contributed by atoms with van der Waals surface area (Å²) in [6.07, 6.45) is 0.898. The SMILES string of the molecule is CCN[C@H](C)CNC(=O)c1ccccc1SCC(=O)N1CCc2ccccc21.Cl. The van der Waals surface area contributed by atoms with E-state index in [1.165, 1.54) is 17.3 Å². The molecule has 0 unspecified atom stereocenters. The molecule has 0 aliphatic carbocycles. The van der Waals surface area contributed by atoms with Crippen LogP contribution in [0.1, 0.15) is 29.8 Å². The van der Waals surface area contributed by atoms with Crippen molar-refractivity contribution in [2.45, 2.75) is 31.2 Å². The zero-order valence-electron chi connectivity index (χ0n) is 16.8. The topological polar surface area (TPSA) is 61.4 Å². The number of para-hydroxylation sites is 1. The first-order valence-electron chi connectivity index (χ1n) is 9.71. The molecule has 2 amide bonds. The number of nitrogens with zero attached hydrogens (tertiary/aromatic N) is 1. The van der Waals surface area contributed by atoms with Crippen LogP contribution >= 0.6 is 24.2 Å². The van der Waals surface area contributed by atoms with Gasteiger partial charge in [-0.3, -0.25) is 9.59 Å². The first-order chi connectivity index (χ1) is 13.6. The lowest BCUT2D eigenvalue weighted by Crippen LogP contribution is -2.39. The molecule has 0 fully saturated rings. The maximum atomic E-state index is 12.7. The maximum Gasteiger partial charge on any atom is 0.252 e. The zero-order chi connectivity index (χ0) is 19.9. The molecule has 0 saturated carbocycles. The van der Waals surface area contributed by atoms with Gasteiger partial charge in [-0.15, -0.1) is 24.2 Å². The van der Waals surface area contributed by atoms with Gasteiger partial charge >= 0.3 is 0 Å². The Morgan fingerprint density at radius 3 is 2.66 bits per heavy atom. The van der Waals surface area contributed by atoms with E-state index < -0.39 is 0 Å². The van der Waals surface area contributed by atoms with Crippen LogP contribution in [0.5, 0.6) is 0 Å². The highest BCUT2D eigenvalue weighted by Crippen LogP contribution is 2.29. The second-order valence-electron chi connectivity index (χ2n) is 6.88. The molecule has 7 heteroatoms. The molecule has 1 aliphatic heterocycles. The summed E-state index contributed by atoms with van der Waals surface area (Å²) in [6, 6.07) is 15.7. The van der Waals surface area contributed by atoms with E-state index in [2.05, 4.69) is 16.7 Å². The number of thioether (sulfide) groups is 1. The minimum atomic E-state index is -0.105. The highest BCUT2D eigenvalue weighted by molar-refractivity contribution is 8.00. The smallest absolute Gasteiger partial charge is 0.252 e. The molecular formula is C22H28ClN3O2S. The van der Waals surface area contributed by atoms with Gasteiger partial charge in [0.05, 0.1) is 11.3 Å². The number of hydrogen-bond acceptors (Lipinski definition) is 4. The minimum Gasteiger partial charge on any atom is -0.350 e. The number of hydrogen-bond donors (Lipinski definition) is 2. The molecule has 1 aliphatic rings. The summed E-state index contributed by atoms with van der Waals surface area (Å²) in [6.45, 7) is 6.24. The van der Waals surface area contributed by atoms with Crippen LogP contribution in [0, 0.1) is 0 Å². The molecule has 0 radical (unpaired) electrons. The number of carbonyl (C=O) groups excluding carboxylic acids is 2. The van der Waals surface area contributed by atoms with Gasteiger partial charge in [-0.25, -0.2) is 0 Å². The Balaban J connectivity index is 0.00000300. The third-order valence-corrected chi connectivity index (χ3v) is 5.85. The lowest BCUT2D eigenvalue weighted by molar-refractivity contribution is -0.116. The average molecular weight is 434 g/mol. The summed E-state index contributed by atoms with van der Waals surface area (Å²) >= 11 is 1.42. The number of nitrogens with one attached hydrogen (secondary N) is 2. The van der Waals surface area contributed by atoms with E-state index in [1.807, 2.05) is 61.2 Å². The quantitative estimate of drug-likeness (QED) is 0.625. The lowest BCUT2D eigenvalue weighted by Gasteiger charge is -2.18. The van der Waals surface area contributed by atoms with Crippen LogP contribution in [0.4, 0.5) is 5.69 Å². The van der Waals surface area contributed by atoms with Crippen LogP contribution in [0.15, 0.2) is 53.4 Å². The number of fused-ring (bicyclic) bond motifs is 1. The molecule has 1 heterocycles. The molecule has 1 atom stereocenters. The number of anilines is 1. The van der Waals surface area contributed by atoms with E-state index in [0.29, 0.717) is 17.9 Å². The van der Waals surface area contributed by atoms with E-state index in [9.17, 15) is 9.59 Å². The Morgan fingerprint density at radius 2 is 1.86 bits per heavy atom. The van der Waals surface area contributed by atoms with Gasteiger partial charge in [-0.1, -0.05) is 37.3 Å². The molecule has 2 aromatic carbocycles. The molecule has 5 nitrogen and oxygen atoms in total. The van der Waals surface area contributed by atoms with Gasteiger partial charge in [0.2, 0.25) is 5.91 Å². The molecule has 29 heavy (non-hydrogen) atoms. The van der Waals surface area contributed by atoms with Crippen LogP contribution in [-0.2, 0) is 11.2 Å². The predicted octanol–water partition coefficient (Wildman–Crippen LogP) is 3.52. The summed E-state index contributed by atoms with van der Waals surface area (Å²) in [5.41, 5.74) is 2.85.